The van der Waals surface area contributed by atoms with Gasteiger partial charge < -0.3 is 10.6 Å². The number of benzene rings is 1. The molecule has 1 saturated heterocycles. The minimum absolute atomic E-state index is 0.189. The normalized spacial score (nSPS) is 17.2. The zero-order valence-corrected chi connectivity index (χ0v) is 12.6. The fourth-order valence-electron chi connectivity index (χ4n) is 2.33. The Hall–Kier alpha value is -1.56. The summed E-state index contributed by atoms with van der Waals surface area (Å²) in [5.41, 5.74) is 6.12. The van der Waals surface area contributed by atoms with E-state index in [-0.39, 0.29) is 4.90 Å². The maximum Gasteiger partial charge on any atom is 0.283 e. The van der Waals surface area contributed by atoms with Crippen LogP contribution in [-0.4, -0.2) is 32.2 Å². The molecule has 1 fully saturated rings. The van der Waals surface area contributed by atoms with Gasteiger partial charge in [0.25, 0.3) is 10.0 Å². The van der Waals surface area contributed by atoms with Gasteiger partial charge in [0.05, 0.1) is 4.90 Å². The van der Waals surface area contributed by atoms with Crippen molar-refractivity contribution >= 4 is 21.5 Å². The highest BCUT2D eigenvalue weighted by Gasteiger charge is 2.18. The number of nitrogen functional groups attached to an aromatic ring is 1. The predicted octanol–water partition coefficient (Wildman–Crippen LogP) is 2.25. The highest BCUT2D eigenvalue weighted by atomic mass is 32.2. The maximum absolute atomic E-state index is 12.3. The van der Waals surface area contributed by atoms with Crippen molar-refractivity contribution in [2.45, 2.75) is 37.5 Å². The van der Waals surface area contributed by atoms with Gasteiger partial charge in [-0.15, -0.1) is 4.40 Å². The van der Waals surface area contributed by atoms with Crippen molar-refractivity contribution in [1.29, 1.82) is 0 Å². The van der Waals surface area contributed by atoms with Crippen molar-refractivity contribution in [3.63, 3.8) is 0 Å². The molecule has 0 amide bonds. The molecule has 5 nitrogen and oxygen atoms in total. The molecule has 1 aromatic carbocycles. The quantitative estimate of drug-likeness (QED) is 0.527. The Bertz CT molecular complexity index is 573. The van der Waals surface area contributed by atoms with E-state index < -0.39 is 10.0 Å². The van der Waals surface area contributed by atoms with Gasteiger partial charge >= 0.3 is 0 Å². The molecule has 1 aliphatic heterocycles. The van der Waals surface area contributed by atoms with Crippen LogP contribution in [0, 0.1) is 0 Å². The van der Waals surface area contributed by atoms with Gasteiger partial charge in [-0.3, -0.25) is 0 Å². The summed E-state index contributed by atoms with van der Waals surface area (Å²) in [4.78, 5) is 2.27. The summed E-state index contributed by atoms with van der Waals surface area (Å²) in [7, 11) is -3.65. The first-order chi connectivity index (χ1) is 9.53. The van der Waals surface area contributed by atoms with Crippen LogP contribution in [0.25, 0.3) is 0 Å². The third kappa shape index (κ3) is 3.50. The standard InChI is InChI=1S/C14H21N3O2S/c1-2-14(17-10-4-3-5-11-17)16-20(18,19)13-8-6-12(15)7-9-13/h6-9H,2-5,10-11,15H2,1H3/b16-14+. The third-order valence-corrected chi connectivity index (χ3v) is 4.76. The molecule has 0 aliphatic carbocycles. The van der Waals surface area contributed by atoms with Crippen LogP contribution in [0.4, 0.5) is 5.69 Å². The number of amidine groups is 1. The molecule has 0 unspecified atom stereocenters. The zero-order valence-electron chi connectivity index (χ0n) is 11.7. The molecule has 110 valence electrons. The highest BCUT2D eigenvalue weighted by Crippen LogP contribution is 2.17. The first-order valence-electron chi connectivity index (χ1n) is 6.97. The van der Waals surface area contributed by atoms with Crippen molar-refractivity contribution in [3.8, 4) is 0 Å². The lowest BCUT2D eigenvalue weighted by Gasteiger charge is -2.29. The van der Waals surface area contributed by atoms with Gasteiger partial charge in [-0.2, -0.15) is 8.42 Å². The number of rotatable bonds is 3. The van der Waals surface area contributed by atoms with Crippen molar-refractivity contribution in [2.24, 2.45) is 4.40 Å². The first kappa shape index (κ1) is 14.8. The van der Waals surface area contributed by atoms with Crippen LogP contribution in [0.1, 0.15) is 32.6 Å². The Morgan fingerprint density at radius 3 is 2.35 bits per heavy atom. The average Bonchev–Trinajstić information content (AvgIpc) is 2.46. The molecule has 20 heavy (non-hydrogen) atoms. The topological polar surface area (TPSA) is 75.8 Å². The van der Waals surface area contributed by atoms with Gasteiger partial charge in [0.2, 0.25) is 0 Å². The van der Waals surface area contributed by atoms with Gasteiger partial charge in [-0.1, -0.05) is 6.92 Å². The maximum atomic E-state index is 12.3. The van der Waals surface area contributed by atoms with E-state index in [0.29, 0.717) is 17.9 Å². The Morgan fingerprint density at radius 1 is 1.20 bits per heavy atom. The number of nitrogens with zero attached hydrogens (tertiary/aromatic N) is 2. The summed E-state index contributed by atoms with van der Waals surface area (Å²) in [6.45, 7) is 3.72. The van der Waals surface area contributed by atoms with Crippen LogP contribution in [0.5, 0.6) is 0 Å². The van der Waals surface area contributed by atoms with E-state index in [4.69, 9.17) is 5.73 Å². The molecule has 0 radical (unpaired) electrons. The van der Waals surface area contributed by atoms with E-state index in [9.17, 15) is 8.42 Å². The number of hydrogen-bond acceptors (Lipinski definition) is 3. The lowest BCUT2D eigenvalue weighted by atomic mass is 10.1. The number of sulfonamides is 1. The van der Waals surface area contributed by atoms with E-state index >= 15 is 0 Å². The molecule has 0 bridgehead atoms. The van der Waals surface area contributed by atoms with Crippen molar-refractivity contribution in [3.05, 3.63) is 24.3 Å². The number of nitrogens with two attached hydrogens (primary N) is 1. The summed E-state index contributed by atoms with van der Waals surface area (Å²) in [5.74, 6) is 0.654. The molecule has 0 aromatic heterocycles. The monoisotopic (exact) mass is 295 g/mol. The molecule has 1 heterocycles. The Balaban J connectivity index is 2.27. The molecular formula is C14H21N3O2S. The van der Waals surface area contributed by atoms with Crippen molar-refractivity contribution in [2.75, 3.05) is 18.8 Å². The molecule has 0 atom stereocenters. The molecule has 1 aromatic rings. The van der Waals surface area contributed by atoms with Crippen LogP contribution in [0.15, 0.2) is 33.6 Å². The van der Waals surface area contributed by atoms with Gasteiger partial charge in [0.1, 0.15) is 5.84 Å². The SMILES string of the molecule is CC/C(=N\S(=O)(=O)c1ccc(N)cc1)N1CCCCC1. The van der Waals surface area contributed by atoms with E-state index in [2.05, 4.69) is 9.30 Å². The summed E-state index contributed by atoms with van der Waals surface area (Å²) in [6.07, 6.45) is 4.02. The van der Waals surface area contributed by atoms with E-state index in [1.54, 1.807) is 12.1 Å². The van der Waals surface area contributed by atoms with Gasteiger partial charge in [-0.05, 0) is 43.5 Å². The minimum Gasteiger partial charge on any atom is -0.399 e. The van der Waals surface area contributed by atoms with Crippen molar-refractivity contribution in [1.82, 2.24) is 4.90 Å². The fourth-order valence-corrected chi connectivity index (χ4v) is 3.44. The minimum atomic E-state index is -3.65. The molecule has 2 rings (SSSR count). The second kappa shape index (κ2) is 6.26. The second-order valence-electron chi connectivity index (χ2n) is 4.95. The van der Waals surface area contributed by atoms with Crippen LogP contribution in [-0.2, 0) is 10.0 Å². The van der Waals surface area contributed by atoms with Crippen LogP contribution in [0.2, 0.25) is 0 Å². The lowest BCUT2D eigenvalue weighted by molar-refractivity contribution is 0.338. The van der Waals surface area contributed by atoms with Crippen LogP contribution < -0.4 is 5.73 Å². The second-order valence-corrected chi connectivity index (χ2v) is 6.56. The summed E-state index contributed by atoms with van der Waals surface area (Å²) in [5, 5.41) is 0. The van der Waals surface area contributed by atoms with Crippen LogP contribution in [0.3, 0.4) is 0 Å². The number of piperidine rings is 1. The van der Waals surface area contributed by atoms with E-state index in [1.165, 1.54) is 18.6 Å². The molecule has 2 N–H and O–H groups in total. The Kier molecular flexibility index (Phi) is 4.65. The molecule has 0 saturated carbocycles. The Morgan fingerprint density at radius 2 is 1.80 bits per heavy atom. The number of anilines is 1. The highest BCUT2D eigenvalue weighted by molar-refractivity contribution is 7.90. The van der Waals surface area contributed by atoms with Gasteiger partial charge in [-0.25, -0.2) is 0 Å². The zero-order chi connectivity index (χ0) is 14.6. The number of likely N-dealkylation sites (tertiary alicyclic amines) is 1. The summed E-state index contributed by atoms with van der Waals surface area (Å²) >= 11 is 0. The van der Waals surface area contributed by atoms with Crippen molar-refractivity contribution < 1.29 is 8.42 Å². The fraction of sp³-hybridized carbons (Fsp3) is 0.500. The summed E-state index contributed by atoms with van der Waals surface area (Å²) < 4.78 is 28.6. The molecular weight excluding hydrogens is 274 g/mol. The smallest absolute Gasteiger partial charge is 0.283 e. The predicted molar refractivity (Wildman–Crippen MR) is 81.2 cm³/mol. The van der Waals surface area contributed by atoms with E-state index in [1.807, 2.05) is 6.92 Å². The molecule has 0 spiro atoms. The average molecular weight is 295 g/mol. The van der Waals surface area contributed by atoms with Crippen LogP contribution >= 0.6 is 0 Å². The molecule has 6 heteroatoms. The van der Waals surface area contributed by atoms with Gasteiger partial charge in [0.15, 0.2) is 0 Å². The van der Waals surface area contributed by atoms with Gasteiger partial charge in [0, 0.05) is 25.2 Å². The van der Waals surface area contributed by atoms with E-state index in [0.717, 1.165) is 25.9 Å². The number of hydrogen-bond donors (Lipinski definition) is 1. The lowest BCUT2D eigenvalue weighted by Crippen LogP contribution is -2.35. The summed E-state index contributed by atoms with van der Waals surface area (Å²) in [6, 6.07) is 6.15. The first-order valence-corrected chi connectivity index (χ1v) is 8.41. The third-order valence-electron chi connectivity index (χ3n) is 3.44. The Labute approximate surface area is 120 Å². The largest absolute Gasteiger partial charge is 0.399 e. The molecule has 1 aliphatic rings.